The van der Waals surface area contributed by atoms with Crippen LogP contribution >= 0.6 is 0 Å². The molecule has 0 amide bonds. The largest absolute Gasteiger partial charge is 0.390 e. The summed E-state index contributed by atoms with van der Waals surface area (Å²) in [6.45, 7) is 5.10. The Morgan fingerprint density at radius 3 is 2.53 bits per heavy atom. The molecule has 1 aromatic carbocycles. The minimum absolute atomic E-state index is 0.0807. The Bertz CT molecular complexity index is 380. The molecular weight excluding hydrogens is 194 g/mol. The summed E-state index contributed by atoms with van der Waals surface area (Å²) >= 11 is 0. The molecule has 4 nitrogen and oxygen atoms in total. The summed E-state index contributed by atoms with van der Waals surface area (Å²) in [6, 6.07) is 4.93. The Morgan fingerprint density at radius 2 is 2.07 bits per heavy atom. The SMILES string of the molecule is Cc1cccc([N+](=O)[O-])c1CC(C)(C)O. The number of hydrogen-bond acceptors (Lipinski definition) is 3. The van der Waals surface area contributed by atoms with Gasteiger partial charge in [0.15, 0.2) is 0 Å². The lowest BCUT2D eigenvalue weighted by Gasteiger charge is -2.18. The van der Waals surface area contributed by atoms with Gasteiger partial charge in [0.1, 0.15) is 0 Å². The van der Waals surface area contributed by atoms with Gasteiger partial charge in [-0.05, 0) is 26.3 Å². The zero-order valence-corrected chi connectivity index (χ0v) is 9.15. The van der Waals surface area contributed by atoms with E-state index in [1.165, 1.54) is 6.07 Å². The zero-order chi connectivity index (χ0) is 11.6. The van der Waals surface area contributed by atoms with Crippen molar-refractivity contribution in [2.45, 2.75) is 32.8 Å². The summed E-state index contributed by atoms with van der Waals surface area (Å²) in [5, 5.41) is 20.5. The third kappa shape index (κ3) is 3.02. The number of rotatable bonds is 3. The molecule has 0 aliphatic rings. The Labute approximate surface area is 88.7 Å². The monoisotopic (exact) mass is 209 g/mol. The van der Waals surface area contributed by atoms with Crippen molar-refractivity contribution in [2.75, 3.05) is 0 Å². The van der Waals surface area contributed by atoms with Crippen molar-refractivity contribution in [3.63, 3.8) is 0 Å². The molecule has 0 radical (unpaired) electrons. The quantitative estimate of drug-likeness (QED) is 0.613. The molecule has 0 aromatic heterocycles. The molecule has 15 heavy (non-hydrogen) atoms. The molecule has 1 rings (SSSR count). The molecule has 82 valence electrons. The van der Waals surface area contributed by atoms with E-state index in [9.17, 15) is 15.2 Å². The maximum absolute atomic E-state index is 10.8. The smallest absolute Gasteiger partial charge is 0.272 e. The molecule has 0 aliphatic heterocycles. The van der Waals surface area contributed by atoms with E-state index >= 15 is 0 Å². The van der Waals surface area contributed by atoms with Gasteiger partial charge in [0, 0.05) is 18.1 Å². The molecule has 0 aliphatic carbocycles. The van der Waals surface area contributed by atoms with Gasteiger partial charge in [0.05, 0.1) is 10.5 Å². The van der Waals surface area contributed by atoms with Gasteiger partial charge in [0.25, 0.3) is 5.69 Å². The number of nitro groups is 1. The molecule has 0 saturated carbocycles. The minimum atomic E-state index is -0.934. The highest BCUT2D eigenvalue weighted by Gasteiger charge is 2.22. The Balaban J connectivity index is 3.19. The van der Waals surface area contributed by atoms with Crippen LogP contribution < -0.4 is 0 Å². The number of benzene rings is 1. The van der Waals surface area contributed by atoms with Crippen molar-refractivity contribution in [1.82, 2.24) is 0 Å². The molecule has 0 fully saturated rings. The van der Waals surface area contributed by atoms with Gasteiger partial charge in [-0.25, -0.2) is 0 Å². The first-order valence-electron chi connectivity index (χ1n) is 4.76. The fraction of sp³-hybridized carbons (Fsp3) is 0.455. The summed E-state index contributed by atoms with van der Waals surface area (Å²) in [5.74, 6) is 0. The maximum Gasteiger partial charge on any atom is 0.272 e. The standard InChI is InChI=1S/C11H15NO3/c1-8-5-4-6-10(12(14)15)9(8)7-11(2,3)13/h4-6,13H,7H2,1-3H3. The lowest BCUT2D eigenvalue weighted by molar-refractivity contribution is -0.385. The Hall–Kier alpha value is -1.42. The maximum atomic E-state index is 10.8. The van der Waals surface area contributed by atoms with E-state index in [1.807, 2.05) is 13.0 Å². The van der Waals surface area contributed by atoms with Crippen molar-refractivity contribution in [1.29, 1.82) is 0 Å². The van der Waals surface area contributed by atoms with Crippen LogP contribution in [0, 0.1) is 17.0 Å². The van der Waals surface area contributed by atoms with Crippen LogP contribution in [-0.4, -0.2) is 15.6 Å². The van der Waals surface area contributed by atoms with E-state index in [-0.39, 0.29) is 12.1 Å². The number of nitrogens with zero attached hydrogens (tertiary/aromatic N) is 1. The second-order valence-corrected chi connectivity index (χ2v) is 4.32. The predicted octanol–water partition coefficient (Wildman–Crippen LogP) is 2.22. The first-order valence-corrected chi connectivity index (χ1v) is 4.76. The van der Waals surface area contributed by atoms with Crippen molar-refractivity contribution in [2.24, 2.45) is 0 Å². The van der Waals surface area contributed by atoms with Crippen molar-refractivity contribution >= 4 is 5.69 Å². The van der Waals surface area contributed by atoms with Crippen LogP contribution in [0.15, 0.2) is 18.2 Å². The number of nitro benzene ring substituents is 1. The predicted molar refractivity (Wildman–Crippen MR) is 57.8 cm³/mol. The summed E-state index contributed by atoms with van der Waals surface area (Å²) in [5.41, 5.74) is 0.593. The van der Waals surface area contributed by atoms with E-state index in [2.05, 4.69) is 0 Å². The third-order valence-electron chi connectivity index (χ3n) is 2.19. The first kappa shape index (κ1) is 11.7. The summed E-state index contributed by atoms with van der Waals surface area (Å²) < 4.78 is 0. The van der Waals surface area contributed by atoms with Crippen molar-refractivity contribution < 1.29 is 10.0 Å². The normalized spacial score (nSPS) is 11.5. The fourth-order valence-electron chi connectivity index (χ4n) is 1.52. The second-order valence-electron chi connectivity index (χ2n) is 4.32. The van der Waals surface area contributed by atoms with Crippen LogP contribution in [0.25, 0.3) is 0 Å². The molecule has 4 heteroatoms. The van der Waals surface area contributed by atoms with Crippen LogP contribution in [0.3, 0.4) is 0 Å². The molecule has 0 atom stereocenters. The Morgan fingerprint density at radius 1 is 1.47 bits per heavy atom. The number of aliphatic hydroxyl groups is 1. The fourth-order valence-corrected chi connectivity index (χ4v) is 1.52. The molecule has 0 heterocycles. The lowest BCUT2D eigenvalue weighted by atomic mass is 9.94. The van der Waals surface area contributed by atoms with Crippen molar-refractivity contribution in [3.8, 4) is 0 Å². The van der Waals surface area contributed by atoms with Gasteiger partial charge >= 0.3 is 0 Å². The van der Waals surface area contributed by atoms with Gasteiger partial charge < -0.3 is 5.11 Å². The van der Waals surface area contributed by atoms with Gasteiger partial charge in [-0.2, -0.15) is 0 Å². The minimum Gasteiger partial charge on any atom is -0.390 e. The molecule has 0 unspecified atom stereocenters. The van der Waals surface area contributed by atoms with Crippen LogP contribution in [-0.2, 0) is 6.42 Å². The number of hydrogen-bond donors (Lipinski definition) is 1. The summed E-state index contributed by atoms with van der Waals surface area (Å²) in [6.07, 6.45) is 0.288. The van der Waals surface area contributed by atoms with E-state index in [0.29, 0.717) is 5.56 Å². The first-order chi connectivity index (χ1) is 6.81. The van der Waals surface area contributed by atoms with Crippen LogP contribution in [0.5, 0.6) is 0 Å². The highest BCUT2D eigenvalue weighted by Crippen LogP contribution is 2.25. The van der Waals surface area contributed by atoms with E-state index in [4.69, 9.17) is 0 Å². The highest BCUT2D eigenvalue weighted by molar-refractivity contribution is 5.45. The number of aryl methyl sites for hydroxylation is 1. The van der Waals surface area contributed by atoms with E-state index < -0.39 is 10.5 Å². The van der Waals surface area contributed by atoms with Gasteiger partial charge in [0.2, 0.25) is 0 Å². The van der Waals surface area contributed by atoms with E-state index in [1.54, 1.807) is 19.9 Å². The summed E-state index contributed by atoms with van der Waals surface area (Å²) in [4.78, 5) is 10.4. The average Bonchev–Trinajstić information content (AvgIpc) is 2.05. The lowest BCUT2D eigenvalue weighted by Crippen LogP contribution is -2.23. The molecule has 0 bridgehead atoms. The molecule has 0 spiro atoms. The molecular formula is C11H15NO3. The van der Waals surface area contributed by atoms with Crippen LogP contribution in [0.4, 0.5) is 5.69 Å². The van der Waals surface area contributed by atoms with Crippen LogP contribution in [0.2, 0.25) is 0 Å². The van der Waals surface area contributed by atoms with Gasteiger partial charge in [-0.3, -0.25) is 10.1 Å². The van der Waals surface area contributed by atoms with Crippen molar-refractivity contribution in [3.05, 3.63) is 39.4 Å². The molecule has 0 saturated heterocycles. The average molecular weight is 209 g/mol. The zero-order valence-electron chi connectivity index (χ0n) is 9.15. The summed E-state index contributed by atoms with van der Waals surface area (Å²) in [7, 11) is 0. The van der Waals surface area contributed by atoms with Gasteiger partial charge in [-0.1, -0.05) is 12.1 Å². The van der Waals surface area contributed by atoms with Crippen LogP contribution in [0.1, 0.15) is 25.0 Å². The second kappa shape index (κ2) is 3.98. The van der Waals surface area contributed by atoms with Gasteiger partial charge in [-0.15, -0.1) is 0 Å². The molecule has 1 aromatic rings. The Kier molecular flexibility index (Phi) is 3.09. The molecule has 1 N–H and O–H groups in total. The topological polar surface area (TPSA) is 63.4 Å². The highest BCUT2D eigenvalue weighted by atomic mass is 16.6. The third-order valence-corrected chi connectivity index (χ3v) is 2.19. The van der Waals surface area contributed by atoms with E-state index in [0.717, 1.165) is 5.56 Å².